The highest BCUT2D eigenvalue weighted by Gasteiger charge is 2.28. The van der Waals surface area contributed by atoms with Crippen molar-refractivity contribution in [2.75, 3.05) is 26.7 Å². The Morgan fingerprint density at radius 2 is 2.26 bits per heavy atom. The lowest BCUT2D eigenvalue weighted by Gasteiger charge is -2.34. The van der Waals surface area contributed by atoms with E-state index in [-0.39, 0.29) is 0 Å². The van der Waals surface area contributed by atoms with Crippen LogP contribution in [0.1, 0.15) is 46.5 Å². The molecule has 110 valence electrons. The van der Waals surface area contributed by atoms with Gasteiger partial charge in [-0.25, -0.2) is 0 Å². The molecule has 0 saturated carbocycles. The van der Waals surface area contributed by atoms with Gasteiger partial charge in [-0.05, 0) is 53.1 Å². The topological polar surface area (TPSA) is 48.3 Å². The van der Waals surface area contributed by atoms with Gasteiger partial charge in [0, 0.05) is 19.2 Å². The highest BCUT2D eigenvalue weighted by molar-refractivity contribution is 5.05. The molecule has 19 heavy (non-hydrogen) atoms. The van der Waals surface area contributed by atoms with Gasteiger partial charge >= 0.3 is 0 Å². The predicted octanol–water partition coefficient (Wildman–Crippen LogP) is 2.16. The SMILES string of the molecule is CCNC(C)(C#N)CC(C)N(C)CC1CCCCO1. The van der Waals surface area contributed by atoms with Crippen molar-refractivity contribution in [2.45, 2.75) is 64.1 Å². The highest BCUT2D eigenvalue weighted by atomic mass is 16.5. The first-order valence-corrected chi connectivity index (χ1v) is 7.49. The number of ether oxygens (including phenoxy) is 1. The molecule has 1 aliphatic heterocycles. The molecule has 0 bridgehead atoms. The number of nitrogens with zero attached hydrogens (tertiary/aromatic N) is 2. The van der Waals surface area contributed by atoms with Crippen molar-refractivity contribution >= 4 is 0 Å². The van der Waals surface area contributed by atoms with E-state index in [0.717, 1.165) is 26.1 Å². The molecule has 0 amide bonds. The molecule has 1 heterocycles. The molecule has 0 spiro atoms. The zero-order valence-corrected chi connectivity index (χ0v) is 12.9. The van der Waals surface area contributed by atoms with Gasteiger partial charge in [-0.1, -0.05) is 6.92 Å². The largest absolute Gasteiger partial charge is 0.377 e. The molecule has 1 rings (SSSR count). The third-order valence-corrected chi connectivity index (χ3v) is 4.04. The summed E-state index contributed by atoms with van der Waals surface area (Å²) in [6.07, 6.45) is 4.84. The van der Waals surface area contributed by atoms with Gasteiger partial charge in [0.25, 0.3) is 0 Å². The van der Waals surface area contributed by atoms with Gasteiger partial charge in [0.15, 0.2) is 0 Å². The Morgan fingerprint density at radius 3 is 2.79 bits per heavy atom. The summed E-state index contributed by atoms with van der Waals surface area (Å²) in [7, 11) is 2.13. The molecule has 0 aromatic carbocycles. The summed E-state index contributed by atoms with van der Waals surface area (Å²) in [4.78, 5) is 2.32. The lowest BCUT2D eigenvalue weighted by Crippen LogP contribution is -2.47. The van der Waals surface area contributed by atoms with Gasteiger partial charge in [0.2, 0.25) is 0 Å². The maximum Gasteiger partial charge on any atom is 0.105 e. The number of nitrogens with one attached hydrogen (secondary N) is 1. The Kier molecular flexibility index (Phi) is 6.78. The second-order valence-corrected chi connectivity index (χ2v) is 5.96. The number of rotatable bonds is 7. The zero-order valence-electron chi connectivity index (χ0n) is 12.9. The molecule has 1 N–H and O–H groups in total. The normalized spacial score (nSPS) is 24.7. The number of nitriles is 1. The predicted molar refractivity (Wildman–Crippen MR) is 78.0 cm³/mol. The average Bonchev–Trinajstić information content (AvgIpc) is 2.40. The quantitative estimate of drug-likeness (QED) is 0.768. The maximum absolute atomic E-state index is 9.31. The van der Waals surface area contributed by atoms with Gasteiger partial charge in [-0.15, -0.1) is 0 Å². The maximum atomic E-state index is 9.31. The standard InChI is InChI=1S/C15H29N3O/c1-5-17-15(3,12-16)10-13(2)18(4)11-14-8-6-7-9-19-14/h13-14,17H,5-11H2,1-4H3. The first-order chi connectivity index (χ1) is 9.00. The fourth-order valence-electron chi connectivity index (χ4n) is 2.75. The van der Waals surface area contributed by atoms with Crippen molar-refractivity contribution in [3.8, 4) is 6.07 Å². The van der Waals surface area contributed by atoms with Crippen LogP contribution in [0.4, 0.5) is 0 Å². The molecule has 0 aromatic rings. The van der Waals surface area contributed by atoms with Crippen LogP contribution in [-0.2, 0) is 4.74 Å². The van der Waals surface area contributed by atoms with E-state index >= 15 is 0 Å². The summed E-state index contributed by atoms with van der Waals surface area (Å²) >= 11 is 0. The lowest BCUT2D eigenvalue weighted by molar-refractivity contribution is -0.00857. The Balaban J connectivity index is 2.42. The Labute approximate surface area is 118 Å². The zero-order chi connectivity index (χ0) is 14.3. The van der Waals surface area contributed by atoms with Crippen LogP contribution in [0.15, 0.2) is 0 Å². The van der Waals surface area contributed by atoms with E-state index in [1.807, 2.05) is 13.8 Å². The monoisotopic (exact) mass is 267 g/mol. The van der Waals surface area contributed by atoms with Crippen molar-refractivity contribution in [1.29, 1.82) is 5.26 Å². The van der Waals surface area contributed by atoms with E-state index in [4.69, 9.17) is 4.74 Å². The van der Waals surface area contributed by atoms with Crippen LogP contribution >= 0.6 is 0 Å². The molecule has 3 unspecified atom stereocenters. The minimum absolute atomic E-state index is 0.369. The smallest absolute Gasteiger partial charge is 0.105 e. The van der Waals surface area contributed by atoms with Crippen LogP contribution in [0, 0.1) is 11.3 Å². The van der Waals surface area contributed by atoms with Crippen LogP contribution in [0.3, 0.4) is 0 Å². The second kappa shape index (κ2) is 7.84. The summed E-state index contributed by atoms with van der Waals surface area (Å²) < 4.78 is 5.78. The van der Waals surface area contributed by atoms with Crippen LogP contribution in [0.5, 0.6) is 0 Å². The molecule has 0 aromatic heterocycles. The summed E-state index contributed by atoms with van der Waals surface area (Å²) in [6, 6.07) is 2.77. The van der Waals surface area contributed by atoms with Crippen LogP contribution in [0.2, 0.25) is 0 Å². The van der Waals surface area contributed by atoms with E-state index in [1.165, 1.54) is 19.3 Å². The third kappa shape index (κ3) is 5.48. The minimum Gasteiger partial charge on any atom is -0.377 e. The van der Waals surface area contributed by atoms with Crippen LogP contribution < -0.4 is 5.32 Å². The molecule has 3 atom stereocenters. The van der Waals surface area contributed by atoms with Gasteiger partial charge < -0.3 is 9.64 Å². The molecular formula is C15H29N3O. The first kappa shape index (κ1) is 16.4. The van der Waals surface area contributed by atoms with Gasteiger partial charge in [-0.2, -0.15) is 5.26 Å². The van der Waals surface area contributed by atoms with E-state index in [9.17, 15) is 5.26 Å². The average molecular weight is 267 g/mol. The van der Waals surface area contributed by atoms with Gasteiger partial charge in [0.1, 0.15) is 5.54 Å². The van der Waals surface area contributed by atoms with Crippen molar-refractivity contribution < 1.29 is 4.74 Å². The van der Waals surface area contributed by atoms with Gasteiger partial charge in [0.05, 0.1) is 12.2 Å². The Bertz CT molecular complexity index is 296. The van der Waals surface area contributed by atoms with Gasteiger partial charge in [-0.3, -0.25) is 5.32 Å². The number of likely N-dealkylation sites (N-methyl/N-ethyl adjacent to an activating group) is 1. The third-order valence-electron chi connectivity index (χ3n) is 4.04. The fourth-order valence-corrected chi connectivity index (χ4v) is 2.75. The molecule has 4 nitrogen and oxygen atoms in total. The van der Waals surface area contributed by atoms with E-state index in [2.05, 4.69) is 30.3 Å². The molecule has 4 heteroatoms. The highest BCUT2D eigenvalue weighted by Crippen LogP contribution is 2.18. The van der Waals surface area contributed by atoms with E-state index < -0.39 is 5.54 Å². The summed E-state index contributed by atoms with van der Waals surface area (Å²) in [5.74, 6) is 0. The molecule has 1 fully saturated rings. The molecule has 1 saturated heterocycles. The lowest BCUT2D eigenvalue weighted by atomic mass is 9.94. The number of hydrogen-bond donors (Lipinski definition) is 1. The number of hydrogen-bond acceptors (Lipinski definition) is 4. The Morgan fingerprint density at radius 1 is 1.53 bits per heavy atom. The first-order valence-electron chi connectivity index (χ1n) is 7.49. The summed E-state index contributed by atoms with van der Waals surface area (Å²) in [5.41, 5.74) is -0.435. The Hall–Kier alpha value is -0.630. The van der Waals surface area contributed by atoms with Crippen molar-refractivity contribution in [2.24, 2.45) is 0 Å². The summed E-state index contributed by atoms with van der Waals surface area (Å²) in [5, 5.41) is 12.6. The van der Waals surface area contributed by atoms with Crippen LogP contribution in [-0.4, -0.2) is 49.3 Å². The van der Waals surface area contributed by atoms with E-state index in [0.29, 0.717) is 12.1 Å². The van der Waals surface area contributed by atoms with Crippen molar-refractivity contribution in [3.63, 3.8) is 0 Å². The van der Waals surface area contributed by atoms with Crippen LogP contribution in [0.25, 0.3) is 0 Å². The summed E-state index contributed by atoms with van der Waals surface area (Å²) in [6.45, 7) is 8.91. The minimum atomic E-state index is -0.435. The van der Waals surface area contributed by atoms with E-state index in [1.54, 1.807) is 0 Å². The molecule has 0 radical (unpaired) electrons. The molecule has 1 aliphatic rings. The fraction of sp³-hybridized carbons (Fsp3) is 0.933. The molecular weight excluding hydrogens is 238 g/mol. The van der Waals surface area contributed by atoms with Crippen molar-refractivity contribution in [1.82, 2.24) is 10.2 Å². The second-order valence-electron chi connectivity index (χ2n) is 5.96. The molecule has 0 aliphatic carbocycles. The van der Waals surface area contributed by atoms with Crippen molar-refractivity contribution in [3.05, 3.63) is 0 Å².